The monoisotopic (exact) mass is 270 g/mol. The highest BCUT2D eigenvalue weighted by atomic mass is 16.2. The first-order valence-corrected chi connectivity index (χ1v) is 7.23. The van der Waals surface area contributed by atoms with E-state index in [0.29, 0.717) is 12.5 Å². The SMILES string of the molecule is CCNC(=NCC(C)C)N(C)CC(=O)N(CC)CC. The first-order valence-electron chi connectivity index (χ1n) is 7.23. The number of nitrogens with one attached hydrogen (secondary N) is 1. The van der Waals surface area contributed by atoms with Gasteiger partial charge < -0.3 is 15.1 Å². The predicted octanol–water partition coefficient (Wildman–Crippen LogP) is 1.41. The van der Waals surface area contributed by atoms with E-state index < -0.39 is 0 Å². The summed E-state index contributed by atoms with van der Waals surface area (Å²) in [7, 11) is 1.91. The minimum Gasteiger partial charge on any atom is -0.357 e. The quantitative estimate of drug-likeness (QED) is 0.562. The number of guanidine groups is 1. The summed E-state index contributed by atoms with van der Waals surface area (Å²) in [5.41, 5.74) is 0. The van der Waals surface area contributed by atoms with Crippen LogP contribution in [0.3, 0.4) is 0 Å². The van der Waals surface area contributed by atoms with Gasteiger partial charge in [-0.25, -0.2) is 0 Å². The number of hydrogen-bond donors (Lipinski definition) is 1. The second kappa shape index (κ2) is 9.64. The van der Waals surface area contributed by atoms with E-state index >= 15 is 0 Å². The lowest BCUT2D eigenvalue weighted by Gasteiger charge is -2.25. The standard InChI is InChI=1S/C14H30N4O/c1-7-15-14(16-10-12(4)5)17(6)11-13(19)18(8-2)9-3/h12H,7-11H2,1-6H3,(H,15,16). The van der Waals surface area contributed by atoms with E-state index in [1.807, 2.05) is 37.6 Å². The third-order valence-corrected chi connectivity index (χ3v) is 2.79. The molecule has 1 N–H and O–H groups in total. The van der Waals surface area contributed by atoms with Crippen molar-refractivity contribution in [2.75, 3.05) is 39.8 Å². The van der Waals surface area contributed by atoms with Crippen molar-refractivity contribution in [3.05, 3.63) is 0 Å². The molecule has 0 spiro atoms. The highest BCUT2D eigenvalue weighted by molar-refractivity contribution is 5.86. The number of nitrogens with zero attached hydrogens (tertiary/aromatic N) is 3. The second-order valence-electron chi connectivity index (χ2n) is 5.01. The first-order chi connectivity index (χ1) is 8.96. The average molecular weight is 270 g/mol. The van der Waals surface area contributed by atoms with Crippen LogP contribution in [0.1, 0.15) is 34.6 Å². The predicted molar refractivity (Wildman–Crippen MR) is 81.4 cm³/mol. The lowest BCUT2D eigenvalue weighted by Crippen LogP contribution is -2.45. The molecule has 19 heavy (non-hydrogen) atoms. The van der Waals surface area contributed by atoms with Gasteiger partial charge in [0.1, 0.15) is 0 Å². The summed E-state index contributed by atoms with van der Waals surface area (Å²) in [5.74, 6) is 1.46. The van der Waals surface area contributed by atoms with Crippen LogP contribution >= 0.6 is 0 Å². The van der Waals surface area contributed by atoms with Crippen LogP contribution in [0.15, 0.2) is 4.99 Å². The zero-order valence-electron chi connectivity index (χ0n) is 13.4. The van der Waals surface area contributed by atoms with Crippen molar-refractivity contribution < 1.29 is 4.79 Å². The largest absolute Gasteiger partial charge is 0.357 e. The molecule has 112 valence electrons. The van der Waals surface area contributed by atoms with Gasteiger partial charge in [0.25, 0.3) is 0 Å². The maximum atomic E-state index is 12.1. The molecule has 0 aliphatic rings. The zero-order valence-corrected chi connectivity index (χ0v) is 13.4. The molecule has 0 heterocycles. The van der Waals surface area contributed by atoms with Gasteiger partial charge in [-0.05, 0) is 26.7 Å². The summed E-state index contributed by atoms with van der Waals surface area (Å²) in [6.45, 7) is 13.7. The Hall–Kier alpha value is -1.26. The van der Waals surface area contributed by atoms with Crippen LogP contribution < -0.4 is 5.32 Å². The van der Waals surface area contributed by atoms with E-state index in [9.17, 15) is 4.79 Å². The van der Waals surface area contributed by atoms with Crippen molar-refractivity contribution in [2.45, 2.75) is 34.6 Å². The number of likely N-dealkylation sites (N-methyl/N-ethyl adjacent to an activating group) is 2. The van der Waals surface area contributed by atoms with Crippen LogP contribution in [0.25, 0.3) is 0 Å². The Morgan fingerprint density at radius 2 is 1.79 bits per heavy atom. The molecule has 0 aromatic heterocycles. The Labute approximate surface area is 118 Å². The van der Waals surface area contributed by atoms with Crippen molar-refractivity contribution >= 4 is 11.9 Å². The van der Waals surface area contributed by atoms with Crippen LogP contribution in [0.4, 0.5) is 0 Å². The molecule has 5 nitrogen and oxygen atoms in total. The number of amides is 1. The van der Waals surface area contributed by atoms with Crippen LogP contribution in [-0.2, 0) is 4.79 Å². The highest BCUT2D eigenvalue weighted by Crippen LogP contribution is 1.96. The van der Waals surface area contributed by atoms with Gasteiger partial charge in [-0.15, -0.1) is 0 Å². The average Bonchev–Trinajstić information content (AvgIpc) is 2.35. The van der Waals surface area contributed by atoms with Crippen molar-refractivity contribution in [1.82, 2.24) is 15.1 Å². The van der Waals surface area contributed by atoms with E-state index in [0.717, 1.165) is 32.1 Å². The lowest BCUT2D eigenvalue weighted by molar-refractivity contribution is -0.131. The Balaban J connectivity index is 4.59. The number of hydrogen-bond acceptors (Lipinski definition) is 2. The fourth-order valence-electron chi connectivity index (χ4n) is 1.69. The minimum absolute atomic E-state index is 0.141. The number of carbonyl (C=O) groups excluding carboxylic acids is 1. The molecule has 1 amide bonds. The highest BCUT2D eigenvalue weighted by Gasteiger charge is 2.14. The van der Waals surface area contributed by atoms with Gasteiger partial charge >= 0.3 is 0 Å². The van der Waals surface area contributed by atoms with Crippen LogP contribution in [0, 0.1) is 5.92 Å². The summed E-state index contributed by atoms with van der Waals surface area (Å²) >= 11 is 0. The summed E-state index contributed by atoms with van der Waals surface area (Å²) in [6.07, 6.45) is 0. The number of carbonyl (C=O) groups is 1. The maximum Gasteiger partial charge on any atom is 0.242 e. The molecule has 5 heteroatoms. The molecule has 0 aliphatic carbocycles. The second-order valence-corrected chi connectivity index (χ2v) is 5.01. The summed E-state index contributed by atoms with van der Waals surface area (Å²) in [4.78, 5) is 20.3. The molecule has 0 aliphatic heterocycles. The third-order valence-electron chi connectivity index (χ3n) is 2.79. The van der Waals surface area contributed by atoms with E-state index in [2.05, 4.69) is 24.2 Å². The van der Waals surface area contributed by atoms with Crippen molar-refractivity contribution in [2.24, 2.45) is 10.9 Å². The summed E-state index contributed by atoms with van der Waals surface area (Å²) < 4.78 is 0. The Morgan fingerprint density at radius 1 is 1.21 bits per heavy atom. The third kappa shape index (κ3) is 7.03. The van der Waals surface area contributed by atoms with Crippen molar-refractivity contribution in [1.29, 1.82) is 0 Å². The van der Waals surface area contributed by atoms with E-state index in [1.54, 1.807) is 0 Å². The molecule has 0 aromatic carbocycles. The minimum atomic E-state index is 0.141. The number of rotatable bonds is 7. The Bertz CT molecular complexity index is 285. The fourth-order valence-corrected chi connectivity index (χ4v) is 1.69. The van der Waals surface area contributed by atoms with Crippen LogP contribution in [0.5, 0.6) is 0 Å². The van der Waals surface area contributed by atoms with Gasteiger partial charge in [0.05, 0.1) is 6.54 Å². The molecule has 0 saturated heterocycles. The molecule has 0 radical (unpaired) electrons. The molecule has 0 bridgehead atoms. The van der Waals surface area contributed by atoms with E-state index in [-0.39, 0.29) is 5.91 Å². The van der Waals surface area contributed by atoms with Gasteiger partial charge in [-0.2, -0.15) is 0 Å². The smallest absolute Gasteiger partial charge is 0.242 e. The lowest BCUT2D eigenvalue weighted by atomic mass is 10.2. The molecular formula is C14H30N4O. The Morgan fingerprint density at radius 3 is 2.21 bits per heavy atom. The molecule has 0 fully saturated rings. The summed E-state index contributed by atoms with van der Waals surface area (Å²) in [6, 6.07) is 0. The van der Waals surface area contributed by atoms with Crippen LogP contribution in [0.2, 0.25) is 0 Å². The zero-order chi connectivity index (χ0) is 14.8. The molecule has 0 saturated carbocycles. The normalized spacial score (nSPS) is 11.6. The molecule has 0 atom stereocenters. The topological polar surface area (TPSA) is 47.9 Å². The van der Waals surface area contributed by atoms with E-state index in [4.69, 9.17) is 0 Å². The first kappa shape index (κ1) is 17.7. The molecule has 0 aromatic rings. The maximum absolute atomic E-state index is 12.1. The van der Waals surface area contributed by atoms with Gasteiger partial charge in [-0.1, -0.05) is 13.8 Å². The number of aliphatic imine (C=N–C) groups is 1. The molecule has 0 unspecified atom stereocenters. The van der Waals surface area contributed by atoms with E-state index in [1.165, 1.54) is 0 Å². The van der Waals surface area contributed by atoms with Gasteiger partial charge in [-0.3, -0.25) is 9.79 Å². The van der Waals surface area contributed by atoms with Gasteiger partial charge in [0.2, 0.25) is 5.91 Å². The van der Waals surface area contributed by atoms with Gasteiger partial charge in [0, 0.05) is 33.2 Å². The molecule has 0 rings (SSSR count). The van der Waals surface area contributed by atoms with Gasteiger partial charge in [0.15, 0.2) is 5.96 Å². The van der Waals surface area contributed by atoms with Crippen LogP contribution in [-0.4, -0.2) is 61.4 Å². The Kier molecular flexibility index (Phi) is 9.00. The summed E-state index contributed by atoms with van der Waals surface area (Å²) in [5, 5.41) is 3.22. The fraction of sp³-hybridized carbons (Fsp3) is 0.857. The van der Waals surface area contributed by atoms with Crippen molar-refractivity contribution in [3.63, 3.8) is 0 Å². The molecular weight excluding hydrogens is 240 g/mol. The van der Waals surface area contributed by atoms with Crippen molar-refractivity contribution in [3.8, 4) is 0 Å².